The minimum Gasteiger partial charge on any atom is -0.472 e. The highest BCUT2D eigenvalue weighted by Gasteiger charge is 2.46. The number of hydrogen-bond donors (Lipinski definition) is 1. The largest absolute Gasteiger partial charge is 0.472 e. The van der Waals surface area contributed by atoms with Gasteiger partial charge in [-0.25, -0.2) is 9.65 Å². The van der Waals surface area contributed by atoms with Crippen LogP contribution in [0.2, 0.25) is 18.1 Å². The fourth-order valence-electron chi connectivity index (χ4n) is 3.84. The Morgan fingerprint density at radius 1 is 1.33 bits per heavy atom. The van der Waals surface area contributed by atoms with Gasteiger partial charge >= 0.3 is 6.87 Å². The molecule has 0 aromatic carbocycles. The highest BCUT2D eigenvalue weighted by molar-refractivity contribution is 7.83. The Kier molecular flexibility index (Phi) is 10.9. The van der Waals surface area contributed by atoms with Crippen molar-refractivity contribution in [1.82, 2.24) is 24.2 Å². The lowest BCUT2D eigenvalue weighted by Crippen LogP contribution is -2.46. The molecule has 1 aliphatic rings. The first-order chi connectivity index (χ1) is 19.4. The molecule has 5 atom stereocenters. The summed E-state index contributed by atoms with van der Waals surface area (Å²) in [5, 5.41) is 11.8. The number of halogens is 1. The number of nitriles is 1. The first-order valence-electron chi connectivity index (χ1n) is 13.9. The fourth-order valence-corrected chi connectivity index (χ4v) is 5.93. The summed E-state index contributed by atoms with van der Waals surface area (Å²) in [5.41, 5.74) is 0.725. The number of hydrogen-bond acceptors (Lipinski definition) is 10. The molecule has 1 fully saturated rings. The van der Waals surface area contributed by atoms with E-state index < -0.39 is 33.6 Å². The predicted octanol–water partition coefficient (Wildman–Crippen LogP) is 5.70. The normalized spacial score (nSPS) is 21.9. The van der Waals surface area contributed by atoms with Crippen LogP contribution in [0.4, 0.5) is 5.95 Å². The lowest BCUT2D eigenvalue weighted by molar-refractivity contribution is -0.118. The Morgan fingerprint density at radius 3 is 2.57 bits per heavy atom. The molecule has 234 valence electrons. The number of carbonyl (C=O) groups is 1. The molecule has 1 amide bonds. The summed E-state index contributed by atoms with van der Waals surface area (Å²) in [6.45, 7) is 12.4. The van der Waals surface area contributed by atoms with Crippen molar-refractivity contribution in [2.75, 3.05) is 26.0 Å². The van der Waals surface area contributed by atoms with E-state index >= 15 is 0 Å². The minimum absolute atomic E-state index is 0.0446. The van der Waals surface area contributed by atoms with Gasteiger partial charge in [0.2, 0.25) is 17.7 Å². The van der Waals surface area contributed by atoms with Crippen LogP contribution in [0.25, 0.3) is 11.2 Å². The molecule has 2 aromatic heterocycles. The van der Waals surface area contributed by atoms with E-state index in [1.807, 2.05) is 0 Å². The highest BCUT2D eigenvalue weighted by atomic mass is 35.7. The van der Waals surface area contributed by atoms with Crippen LogP contribution in [-0.4, -0.2) is 77.4 Å². The van der Waals surface area contributed by atoms with Crippen molar-refractivity contribution in [3.63, 3.8) is 0 Å². The van der Waals surface area contributed by atoms with Gasteiger partial charge in [-0.15, -0.1) is 0 Å². The van der Waals surface area contributed by atoms with E-state index in [2.05, 4.69) is 60.2 Å². The third-order valence-corrected chi connectivity index (χ3v) is 14.6. The number of nitrogens with one attached hydrogen (secondary N) is 1. The van der Waals surface area contributed by atoms with Gasteiger partial charge in [-0.3, -0.25) is 19.2 Å². The minimum atomic E-state index is -3.54. The Morgan fingerprint density at radius 2 is 2.00 bits per heavy atom. The van der Waals surface area contributed by atoms with E-state index in [4.69, 9.17) is 34.9 Å². The number of rotatable bonds is 12. The number of aromatic nitrogens is 4. The number of ether oxygens (including phenoxy) is 2. The average molecular weight is 644 g/mol. The first-order valence-corrected chi connectivity index (χ1v) is 19.3. The lowest BCUT2D eigenvalue weighted by Gasteiger charge is -2.39. The van der Waals surface area contributed by atoms with Crippen LogP contribution in [0.1, 0.15) is 60.6 Å². The molecule has 42 heavy (non-hydrogen) atoms. The maximum atomic E-state index is 12.7. The maximum Gasteiger partial charge on any atom is 0.362 e. The van der Waals surface area contributed by atoms with Gasteiger partial charge in [0.25, 0.3) is 0 Å². The van der Waals surface area contributed by atoms with Gasteiger partial charge in [0, 0.05) is 12.3 Å². The lowest BCUT2D eigenvalue weighted by atomic mass is 10.2. The van der Waals surface area contributed by atoms with Gasteiger partial charge in [0.05, 0.1) is 31.5 Å². The number of anilines is 1. The van der Waals surface area contributed by atoms with Crippen molar-refractivity contribution >= 4 is 49.4 Å². The Hall–Kier alpha value is -2.11. The summed E-state index contributed by atoms with van der Waals surface area (Å²) in [4.78, 5) is 26.0. The summed E-state index contributed by atoms with van der Waals surface area (Å²) in [7, 11) is 0.924. The van der Waals surface area contributed by atoms with Gasteiger partial charge < -0.3 is 18.4 Å². The molecule has 2 aromatic rings. The molecule has 0 saturated carbocycles. The summed E-state index contributed by atoms with van der Waals surface area (Å²) in [5.74, 6) is -0.381. The number of fused-ring (bicyclic) bond motifs is 1. The van der Waals surface area contributed by atoms with Crippen LogP contribution in [0.3, 0.4) is 0 Å². The zero-order valence-electron chi connectivity index (χ0n) is 26.0. The molecular formula is C26H43ClN7O6PSi. The van der Waals surface area contributed by atoms with Crippen molar-refractivity contribution < 1.29 is 27.8 Å². The van der Waals surface area contributed by atoms with E-state index in [1.165, 1.54) is 4.67 Å². The van der Waals surface area contributed by atoms with E-state index in [9.17, 15) is 9.36 Å². The van der Waals surface area contributed by atoms with E-state index in [0.717, 1.165) is 0 Å². The summed E-state index contributed by atoms with van der Waals surface area (Å²) >= 11 is 6.15. The van der Waals surface area contributed by atoms with Gasteiger partial charge in [0.1, 0.15) is 18.4 Å². The van der Waals surface area contributed by atoms with Crippen LogP contribution in [-0.2, 0) is 23.0 Å². The predicted molar refractivity (Wildman–Crippen MR) is 163 cm³/mol. The zero-order valence-corrected chi connectivity index (χ0v) is 28.7. The van der Waals surface area contributed by atoms with Gasteiger partial charge in [-0.2, -0.15) is 15.2 Å². The molecule has 0 aliphatic carbocycles. The standard InChI is InChI=1S/C26H43ClN7O6PSi/c1-16(2)23(35)31-25-30-22-21(24(32-25)38-17(3)11-12-28)29-15-34(22)20-13-18(40-42(9,10)26(4,5)6)19(39-20)14-37-41(27,36)33(7)8/h15-20H,11,13-14H2,1-10H3,(H,30,31,32,35)/t17-,18+,19-,20-,41+/m1/s1. The molecule has 0 radical (unpaired) electrons. The molecule has 1 N–H and O–H groups in total. The Balaban J connectivity index is 2.02. The quantitative estimate of drug-likeness (QED) is 0.224. The molecule has 1 aliphatic heterocycles. The third-order valence-electron chi connectivity index (χ3n) is 7.46. The molecule has 16 heteroatoms. The van der Waals surface area contributed by atoms with Crippen LogP contribution < -0.4 is 10.1 Å². The Labute approximate surface area is 253 Å². The summed E-state index contributed by atoms with van der Waals surface area (Å²) < 4.78 is 40.6. The van der Waals surface area contributed by atoms with E-state index in [0.29, 0.717) is 17.6 Å². The van der Waals surface area contributed by atoms with Crippen molar-refractivity contribution in [3.8, 4) is 11.9 Å². The van der Waals surface area contributed by atoms with Gasteiger partial charge in [-0.05, 0) is 50.4 Å². The van der Waals surface area contributed by atoms with Crippen molar-refractivity contribution in [1.29, 1.82) is 5.26 Å². The second-order valence-electron chi connectivity index (χ2n) is 12.5. The SMILES string of the molecule is CC(C)C(=O)Nc1nc(O[C@H](C)CC#N)c2ncn([C@H]3C[C@H](O[Si](C)(C)C(C)(C)C)[C@@H](CO[P@@](=O)(Cl)N(C)C)O3)c2n1. The second-order valence-corrected chi connectivity index (χ2v) is 20.5. The molecule has 3 heterocycles. The summed E-state index contributed by atoms with van der Waals surface area (Å²) in [6.07, 6.45) is 0.110. The number of carbonyl (C=O) groups excluding carboxylic acids is 1. The first kappa shape index (κ1) is 34.4. The third kappa shape index (κ3) is 8.08. The molecular weight excluding hydrogens is 601 g/mol. The van der Waals surface area contributed by atoms with Gasteiger partial charge in [0.15, 0.2) is 19.5 Å². The van der Waals surface area contributed by atoms with Crippen molar-refractivity contribution in [3.05, 3.63) is 6.33 Å². The summed E-state index contributed by atoms with van der Waals surface area (Å²) in [6, 6.07) is 2.08. The molecule has 0 bridgehead atoms. The highest BCUT2D eigenvalue weighted by Crippen LogP contribution is 2.54. The average Bonchev–Trinajstić information content (AvgIpc) is 3.45. The molecule has 1 saturated heterocycles. The topological polar surface area (TPSA) is 154 Å². The van der Waals surface area contributed by atoms with E-state index in [1.54, 1.807) is 45.8 Å². The van der Waals surface area contributed by atoms with Crippen LogP contribution in [0.5, 0.6) is 5.88 Å². The molecule has 3 rings (SSSR count). The van der Waals surface area contributed by atoms with E-state index in [-0.39, 0.29) is 47.8 Å². The van der Waals surface area contributed by atoms with Crippen LogP contribution in [0.15, 0.2) is 6.33 Å². The van der Waals surface area contributed by atoms with Gasteiger partial charge in [-0.1, -0.05) is 34.6 Å². The molecule has 13 nitrogen and oxygen atoms in total. The monoisotopic (exact) mass is 643 g/mol. The molecule has 0 unspecified atom stereocenters. The van der Waals surface area contributed by atoms with Crippen molar-refractivity contribution in [2.45, 2.75) is 97.1 Å². The van der Waals surface area contributed by atoms with Crippen LogP contribution in [0, 0.1) is 17.2 Å². The van der Waals surface area contributed by atoms with Crippen LogP contribution >= 0.6 is 18.1 Å². The smallest absolute Gasteiger partial charge is 0.362 e. The van der Waals surface area contributed by atoms with Crippen molar-refractivity contribution in [2.24, 2.45) is 5.92 Å². The fraction of sp³-hybridized carbons (Fsp3) is 0.731. The number of imidazole rings is 1. The zero-order chi connectivity index (χ0) is 31.6. The molecule has 0 spiro atoms. The number of nitrogens with zero attached hydrogens (tertiary/aromatic N) is 6. The second kappa shape index (κ2) is 13.3. The Bertz CT molecular complexity index is 1360. The maximum absolute atomic E-state index is 12.7. The number of amides is 1.